The molecular weight excluding hydrogens is 192 g/mol. The molecule has 0 aliphatic heterocycles. The van der Waals surface area contributed by atoms with Crippen LogP contribution in [0.3, 0.4) is 0 Å². The van der Waals surface area contributed by atoms with Crippen LogP contribution in [0, 0.1) is 0 Å². The van der Waals surface area contributed by atoms with Crippen LogP contribution in [0.1, 0.15) is 10.4 Å². The molecule has 0 saturated carbocycles. The minimum absolute atomic E-state index is 0.205. The maximum atomic E-state index is 11.4. The molecule has 76 valence electrons. The highest BCUT2D eigenvalue weighted by atomic mass is 16.5. The van der Waals surface area contributed by atoms with Gasteiger partial charge in [-0.15, -0.1) is 5.10 Å². The lowest BCUT2D eigenvalue weighted by atomic mass is 10.3. The number of methoxy groups -OCH3 is 2. The summed E-state index contributed by atoms with van der Waals surface area (Å²) in [5.74, 6) is -1.92. The standard InChI is InChI=1S/C7H8N2O5/c1-13-5-3(7(11)12)4(10)6(14-2)9-8-5/h1-2H3,(H,8,10)(H,11,12). The molecule has 1 heterocycles. The van der Waals surface area contributed by atoms with Crippen LogP contribution in [0.15, 0.2) is 4.79 Å². The lowest BCUT2D eigenvalue weighted by Crippen LogP contribution is -2.20. The Bertz CT molecular complexity index is 411. The van der Waals surface area contributed by atoms with Gasteiger partial charge in [0.2, 0.25) is 5.88 Å². The molecule has 0 amide bonds. The lowest BCUT2D eigenvalue weighted by molar-refractivity contribution is 0.0689. The van der Waals surface area contributed by atoms with Crippen molar-refractivity contribution in [3.63, 3.8) is 0 Å². The average Bonchev–Trinajstić information content (AvgIpc) is 2.16. The topological polar surface area (TPSA) is 102 Å². The molecule has 0 aliphatic rings. The number of hydrogen-bond acceptors (Lipinski definition) is 5. The second-order valence-electron chi connectivity index (χ2n) is 2.28. The molecular formula is C7H8N2O5. The van der Waals surface area contributed by atoms with Crippen molar-refractivity contribution < 1.29 is 19.4 Å². The van der Waals surface area contributed by atoms with E-state index in [4.69, 9.17) is 5.11 Å². The molecule has 0 bridgehead atoms. The molecule has 1 rings (SSSR count). The highest BCUT2D eigenvalue weighted by molar-refractivity contribution is 5.90. The second-order valence-corrected chi connectivity index (χ2v) is 2.28. The molecule has 0 aliphatic carbocycles. The maximum absolute atomic E-state index is 11.4. The largest absolute Gasteiger partial charge is 0.481 e. The van der Waals surface area contributed by atoms with E-state index in [-0.39, 0.29) is 11.8 Å². The van der Waals surface area contributed by atoms with Crippen LogP contribution in [-0.4, -0.2) is 35.5 Å². The number of carbonyl (C=O) groups is 1. The van der Waals surface area contributed by atoms with Gasteiger partial charge in [0, 0.05) is 0 Å². The molecule has 0 saturated heterocycles. The number of ether oxygens (including phenoxy) is 2. The van der Waals surface area contributed by atoms with E-state index in [1.807, 2.05) is 0 Å². The smallest absolute Gasteiger partial charge is 0.345 e. The molecule has 14 heavy (non-hydrogen) atoms. The molecule has 7 nitrogen and oxygen atoms in total. The number of nitrogens with one attached hydrogen (secondary N) is 1. The van der Waals surface area contributed by atoms with E-state index in [0.29, 0.717) is 0 Å². The van der Waals surface area contributed by atoms with Crippen molar-refractivity contribution in [3.8, 4) is 11.8 Å². The number of nitrogens with zero attached hydrogens (tertiary/aromatic N) is 1. The monoisotopic (exact) mass is 200 g/mol. The van der Waals surface area contributed by atoms with Gasteiger partial charge in [0.25, 0.3) is 11.3 Å². The van der Waals surface area contributed by atoms with Crippen LogP contribution in [0.25, 0.3) is 0 Å². The zero-order valence-electron chi connectivity index (χ0n) is 7.53. The third-order valence-corrected chi connectivity index (χ3v) is 1.52. The molecule has 1 aromatic rings. The van der Waals surface area contributed by atoms with Gasteiger partial charge in [-0.25, -0.2) is 9.89 Å². The lowest BCUT2D eigenvalue weighted by Gasteiger charge is -2.04. The Hall–Kier alpha value is -2.05. The van der Waals surface area contributed by atoms with E-state index < -0.39 is 17.0 Å². The van der Waals surface area contributed by atoms with E-state index in [1.165, 1.54) is 14.2 Å². The van der Waals surface area contributed by atoms with E-state index >= 15 is 0 Å². The van der Waals surface area contributed by atoms with Gasteiger partial charge in [-0.3, -0.25) is 4.79 Å². The highest BCUT2D eigenvalue weighted by Crippen LogP contribution is 2.11. The summed E-state index contributed by atoms with van der Waals surface area (Å²) in [6.07, 6.45) is 0. The van der Waals surface area contributed by atoms with Crippen LogP contribution in [0.5, 0.6) is 11.8 Å². The first-order chi connectivity index (χ1) is 6.61. The minimum atomic E-state index is -1.40. The van der Waals surface area contributed by atoms with E-state index in [9.17, 15) is 9.59 Å². The van der Waals surface area contributed by atoms with Crippen LogP contribution in [0.2, 0.25) is 0 Å². The molecule has 0 spiro atoms. The van der Waals surface area contributed by atoms with Crippen molar-refractivity contribution in [1.29, 1.82) is 0 Å². The Morgan fingerprint density at radius 3 is 2.50 bits per heavy atom. The maximum Gasteiger partial charge on any atom is 0.345 e. The quantitative estimate of drug-likeness (QED) is 0.681. The summed E-state index contributed by atoms with van der Waals surface area (Å²) in [4.78, 5) is 22.0. The number of aromatic amines is 1. The van der Waals surface area contributed by atoms with Crippen molar-refractivity contribution in [3.05, 3.63) is 15.8 Å². The SMILES string of the molecule is COc1[nH]nc(OC)c(=O)c1C(=O)O. The molecule has 0 atom stereocenters. The number of carboxylic acids is 1. The van der Waals surface area contributed by atoms with Crippen molar-refractivity contribution in [2.24, 2.45) is 0 Å². The van der Waals surface area contributed by atoms with Gasteiger partial charge >= 0.3 is 5.97 Å². The summed E-state index contributed by atoms with van der Waals surface area (Å²) in [7, 11) is 2.45. The van der Waals surface area contributed by atoms with Gasteiger partial charge < -0.3 is 14.6 Å². The molecule has 2 N–H and O–H groups in total. The average molecular weight is 200 g/mol. The minimum Gasteiger partial charge on any atom is -0.481 e. The number of rotatable bonds is 3. The summed E-state index contributed by atoms with van der Waals surface area (Å²) >= 11 is 0. The molecule has 0 radical (unpaired) electrons. The zero-order chi connectivity index (χ0) is 10.7. The predicted octanol–water partition coefficient (Wildman–Crippen LogP) is -0.515. The van der Waals surface area contributed by atoms with Gasteiger partial charge in [-0.2, -0.15) is 0 Å². The highest BCUT2D eigenvalue weighted by Gasteiger charge is 2.20. The number of hydrogen-bond donors (Lipinski definition) is 2. The number of aromatic nitrogens is 2. The Morgan fingerprint density at radius 1 is 1.43 bits per heavy atom. The van der Waals surface area contributed by atoms with Crippen LogP contribution >= 0.6 is 0 Å². The van der Waals surface area contributed by atoms with Crippen LogP contribution in [-0.2, 0) is 0 Å². The van der Waals surface area contributed by atoms with E-state index in [2.05, 4.69) is 19.7 Å². The second kappa shape index (κ2) is 3.77. The summed E-state index contributed by atoms with van der Waals surface area (Å²) in [5, 5.41) is 14.4. The summed E-state index contributed by atoms with van der Waals surface area (Å²) in [6.45, 7) is 0. The predicted molar refractivity (Wildman–Crippen MR) is 44.9 cm³/mol. The molecule has 1 aromatic heterocycles. The molecule has 0 unspecified atom stereocenters. The van der Waals surface area contributed by atoms with Gasteiger partial charge in [-0.05, 0) is 0 Å². The fraction of sp³-hybridized carbons (Fsp3) is 0.286. The molecule has 0 fully saturated rings. The number of carboxylic acid groups (broad SMARTS) is 1. The fourth-order valence-corrected chi connectivity index (χ4v) is 0.899. The Labute approximate surface area is 78.3 Å². The third-order valence-electron chi connectivity index (χ3n) is 1.52. The van der Waals surface area contributed by atoms with Crippen LogP contribution < -0.4 is 14.9 Å². The summed E-state index contributed by atoms with van der Waals surface area (Å²) < 4.78 is 9.19. The van der Waals surface area contributed by atoms with Crippen molar-refractivity contribution in [2.75, 3.05) is 14.2 Å². The third kappa shape index (κ3) is 1.51. The summed E-state index contributed by atoms with van der Waals surface area (Å²) in [5.41, 5.74) is -1.35. The van der Waals surface area contributed by atoms with Gasteiger partial charge in [0.05, 0.1) is 14.2 Å². The van der Waals surface area contributed by atoms with Crippen molar-refractivity contribution >= 4 is 5.97 Å². The van der Waals surface area contributed by atoms with Gasteiger partial charge in [0.15, 0.2) is 5.56 Å². The fourth-order valence-electron chi connectivity index (χ4n) is 0.899. The first kappa shape index (κ1) is 10.0. The summed E-state index contributed by atoms with van der Waals surface area (Å²) in [6, 6.07) is 0. The van der Waals surface area contributed by atoms with Gasteiger partial charge in [0.1, 0.15) is 0 Å². The number of H-pyrrole nitrogens is 1. The van der Waals surface area contributed by atoms with Gasteiger partial charge in [-0.1, -0.05) is 0 Å². The van der Waals surface area contributed by atoms with Crippen LogP contribution in [0.4, 0.5) is 0 Å². The molecule has 0 aromatic carbocycles. The zero-order valence-corrected chi connectivity index (χ0v) is 7.53. The first-order valence-electron chi connectivity index (χ1n) is 3.55. The van der Waals surface area contributed by atoms with Crippen molar-refractivity contribution in [1.82, 2.24) is 10.2 Å². The molecule has 7 heteroatoms. The Morgan fingerprint density at radius 2 is 2.07 bits per heavy atom. The van der Waals surface area contributed by atoms with E-state index in [0.717, 1.165) is 0 Å². The number of aromatic carboxylic acids is 1. The Kier molecular flexibility index (Phi) is 2.70. The Balaban J connectivity index is 3.47. The first-order valence-corrected chi connectivity index (χ1v) is 3.55. The van der Waals surface area contributed by atoms with Crippen molar-refractivity contribution in [2.45, 2.75) is 0 Å². The normalized spacial score (nSPS) is 9.57. The van der Waals surface area contributed by atoms with E-state index in [1.54, 1.807) is 0 Å².